The Kier molecular flexibility index (Phi) is 6.43. The highest BCUT2D eigenvalue weighted by molar-refractivity contribution is 7.89. The van der Waals surface area contributed by atoms with Crippen LogP contribution >= 0.6 is 0 Å². The molecule has 7 nitrogen and oxygen atoms in total. The molecule has 3 rings (SSSR count). The van der Waals surface area contributed by atoms with Crippen LogP contribution in [0, 0.1) is 6.92 Å². The van der Waals surface area contributed by atoms with E-state index < -0.39 is 10.0 Å². The van der Waals surface area contributed by atoms with E-state index in [2.05, 4.69) is 40.4 Å². The summed E-state index contributed by atoms with van der Waals surface area (Å²) in [6.45, 7) is 10.4. The first kappa shape index (κ1) is 21.5. The van der Waals surface area contributed by atoms with Crippen LogP contribution in [-0.2, 0) is 15.4 Å². The molecule has 0 saturated carbocycles. The lowest BCUT2D eigenvalue weighted by Gasteiger charge is -2.19. The zero-order valence-corrected chi connectivity index (χ0v) is 18.4. The first-order valence-electron chi connectivity index (χ1n) is 9.99. The summed E-state index contributed by atoms with van der Waals surface area (Å²) in [5.74, 6) is 1.97. The number of anilines is 1. The standard InChI is InChI=1S/C21H30N4O3S/c1-16-23-19(25-12-5-6-13-25)15-20(24-16)28-14-11-22-29(26,27)18-9-7-17(8-10-18)21(2,3)4/h7-10,15,22H,5-6,11-14H2,1-4H3. The van der Waals surface area contributed by atoms with E-state index in [1.165, 1.54) is 0 Å². The average molecular weight is 419 g/mol. The van der Waals surface area contributed by atoms with Crippen molar-refractivity contribution in [3.63, 3.8) is 0 Å². The van der Waals surface area contributed by atoms with E-state index in [-0.39, 0.29) is 23.5 Å². The van der Waals surface area contributed by atoms with E-state index in [1.54, 1.807) is 12.1 Å². The number of hydrogen-bond donors (Lipinski definition) is 1. The van der Waals surface area contributed by atoms with E-state index >= 15 is 0 Å². The molecule has 2 heterocycles. The topological polar surface area (TPSA) is 84.4 Å². The van der Waals surface area contributed by atoms with E-state index in [9.17, 15) is 8.42 Å². The van der Waals surface area contributed by atoms with Crippen LogP contribution in [0.25, 0.3) is 0 Å². The summed E-state index contributed by atoms with van der Waals surface area (Å²) < 4.78 is 33.2. The van der Waals surface area contributed by atoms with E-state index in [4.69, 9.17) is 4.74 Å². The van der Waals surface area contributed by atoms with E-state index in [0.717, 1.165) is 37.3 Å². The van der Waals surface area contributed by atoms with Crippen molar-refractivity contribution in [2.75, 3.05) is 31.1 Å². The maximum atomic E-state index is 12.5. The number of aromatic nitrogens is 2. The Morgan fingerprint density at radius 2 is 1.76 bits per heavy atom. The summed E-state index contributed by atoms with van der Waals surface area (Å²) in [4.78, 5) is 11.2. The lowest BCUT2D eigenvalue weighted by Crippen LogP contribution is -2.28. The molecule has 1 N–H and O–H groups in total. The van der Waals surface area contributed by atoms with Gasteiger partial charge in [0.05, 0.1) is 4.90 Å². The Morgan fingerprint density at radius 3 is 2.38 bits per heavy atom. The lowest BCUT2D eigenvalue weighted by molar-refractivity contribution is 0.309. The summed E-state index contributed by atoms with van der Waals surface area (Å²) in [5.41, 5.74) is 1.07. The molecule has 0 spiro atoms. The molecule has 1 aliphatic rings. The van der Waals surface area contributed by atoms with Gasteiger partial charge < -0.3 is 9.64 Å². The van der Waals surface area contributed by atoms with Crippen LogP contribution in [0.2, 0.25) is 0 Å². The third-order valence-corrected chi connectivity index (χ3v) is 6.38. The van der Waals surface area contributed by atoms with E-state index in [1.807, 2.05) is 25.1 Å². The molecule has 0 bridgehead atoms. The van der Waals surface area contributed by atoms with Crippen LogP contribution in [0.1, 0.15) is 45.0 Å². The van der Waals surface area contributed by atoms with Gasteiger partial charge in [-0.2, -0.15) is 4.98 Å². The zero-order chi connectivity index (χ0) is 21.1. The SMILES string of the molecule is Cc1nc(OCCNS(=O)(=O)c2ccc(C(C)(C)C)cc2)cc(N2CCCC2)n1. The van der Waals surface area contributed by atoms with Gasteiger partial charge in [0.15, 0.2) is 0 Å². The number of hydrogen-bond acceptors (Lipinski definition) is 6. The molecule has 1 fully saturated rings. The number of nitrogens with zero attached hydrogens (tertiary/aromatic N) is 3. The van der Waals surface area contributed by atoms with Gasteiger partial charge in [0.2, 0.25) is 15.9 Å². The fourth-order valence-corrected chi connectivity index (χ4v) is 4.27. The van der Waals surface area contributed by atoms with Crippen molar-refractivity contribution in [1.29, 1.82) is 0 Å². The highest BCUT2D eigenvalue weighted by Crippen LogP contribution is 2.23. The molecule has 1 saturated heterocycles. The predicted molar refractivity (Wildman–Crippen MR) is 114 cm³/mol. The van der Waals surface area contributed by atoms with Crippen LogP contribution in [-0.4, -0.2) is 44.6 Å². The Labute approximate surface area is 173 Å². The molecule has 0 unspecified atom stereocenters. The number of nitrogens with one attached hydrogen (secondary N) is 1. The van der Waals surface area contributed by atoms with Gasteiger partial charge in [-0.15, -0.1) is 0 Å². The zero-order valence-electron chi connectivity index (χ0n) is 17.6. The van der Waals surface area contributed by atoms with Crippen molar-refractivity contribution >= 4 is 15.8 Å². The molecular formula is C21H30N4O3S. The Hall–Kier alpha value is -2.19. The minimum Gasteiger partial charge on any atom is -0.476 e. The third-order valence-electron chi connectivity index (χ3n) is 4.91. The second-order valence-electron chi connectivity index (χ2n) is 8.33. The molecule has 2 aromatic rings. The van der Waals surface area contributed by atoms with Crippen molar-refractivity contribution in [3.8, 4) is 5.88 Å². The fraction of sp³-hybridized carbons (Fsp3) is 0.524. The van der Waals surface area contributed by atoms with Gasteiger partial charge in [0, 0.05) is 25.7 Å². The maximum Gasteiger partial charge on any atom is 0.240 e. The summed E-state index contributed by atoms with van der Waals surface area (Å²) in [6, 6.07) is 8.81. The Balaban J connectivity index is 1.56. The molecule has 8 heteroatoms. The summed E-state index contributed by atoms with van der Waals surface area (Å²) >= 11 is 0. The largest absolute Gasteiger partial charge is 0.476 e. The quantitative estimate of drug-likeness (QED) is 0.696. The van der Waals surface area contributed by atoms with Crippen LogP contribution in [0.4, 0.5) is 5.82 Å². The van der Waals surface area contributed by atoms with Crippen molar-refractivity contribution < 1.29 is 13.2 Å². The molecular weight excluding hydrogens is 388 g/mol. The minimum atomic E-state index is -3.58. The highest BCUT2D eigenvalue weighted by atomic mass is 32.2. The molecule has 158 valence electrons. The molecule has 0 atom stereocenters. The van der Waals surface area contributed by atoms with Crippen molar-refractivity contribution in [3.05, 3.63) is 41.7 Å². The van der Waals surface area contributed by atoms with Gasteiger partial charge >= 0.3 is 0 Å². The monoisotopic (exact) mass is 418 g/mol. The van der Waals surface area contributed by atoms with Crippen LogP contribution in [0.5, 0.6) is 5.88 Å². The van der Waals surface area contributed by atoms with Gasteiger partial charge in [-0.3, -0.25) is 0 Å². The molecule has 1 aromatic carbocycles. The maximum absolute atomic E-state index is 12.5. The average Bonchev–Trinajstić information content (AvgIpc) is 3.19. The number of benzene rings is 1. The first-order chi connectivity index (χ1) is 13.6. The van der Waals surface area contributed by atoms with Gasteiger partial charge in [-0.05, 0) is 42.9 Å². The number of aryl methyl sites for hydroxylation is 1. The van der Waals surface area contributed by atoms with Crippen molar-refractivity contribution in [2.24, 2.45) is 0 Å². The number of rotatable bonds is 7. The van der Waals surface area contributed by atoms with Crippen LogP contribution in [0.3, 0.4) is 0 Å². The van der Waals surface area contributed by atoms with Gasteiger partial charge in [0.1, 0.15) is 18.2 Å². The van der Waals surface area contributed by atoms with E-state index in [0.29, 0.717) is 11.7 Å². The summed E-state index contributed by atoms with van der Waals surface area (Å²) in [5, 5.41) is 0. The predicted octanol–water partition coefficient (Wildman–Crippen LogP) is 3.04. The lowest BCUT2D eigenvalue weighted by atomic mass is 9.87. The molecule has 29 heavy (non-hydrogen) atoms. The number of sulfonamides is 1. The normalized spacial score (nSPS) is 15.0. The molecule has 0 radical (unpaired) electrons. The van der Waals surface area contributed by atoms with Crippen molar-refractivity contribution in [1.82, 2.24) is 14.7 Å². The second kappa shape index (κ2) is 8.67. The first-order valence-corrected chi connectivity index (χ1v) is 11.5. The number of ether oxygens (including phenoxy) is 1. The van der Waals surface area contributed by atoms with Gasteiger partial charge in [-0.25, -0.2) is 18.1 Å². The van der Waals surface area contributed by atoms with Gasteiger partial charge in [0.25, 0.3) is 0 Å². The Morgan fingerprint density at radius 1 is 1.10 bits per heavy atom. The third kappa shape index (κ3) is 5.67. The molecule has 0 amide bonds. The van der Waals surface area contributed by atoms with Crippen LogP contribution in [0.15, 0.2) is 35.2 Å². The minimum absolute atomic E-state index is 0.0207. The van der Waals surface area contributed by atoms with Crippen LogP contribution < -0.4 is 14.4 Å². The smallest absolute Gasteiger partial charge is 0.240 e. The summed E-state index contributed by atoms with van der Waals surface area (Å²) in [7, 11) is -3.58. The second-order valence-corrected chi connectivity index (χ2v) is 10.1. The summed E-state index contributed by atoms with van der Waals surface area (Å²) in [6.07, 6.45) is 2.33. The molecule has 1 aliphatic heterocycles. The van der Waals surface area contributed by atoms with Crippen molar-refractivity contribution in [2.45, 2.75) is 50.8 Å². The molecule has 1 aromatic heterocycles. The van der Waals surface area contributed by atoms with Gasteiger partial charge in [-0.1, -0.05) is 32.9 Å². The molecule has 0 aliphatic carbocycles. The highest BCUT2D eigenvalue weighted by Gasteiger charge is 2.18. The Bertz CT molecular complexity index is 931. The fourth-order valence-electron chi connectivity index (χ4n) is 3.26.